The van der Waals surface area contributed by atoms with Crippen molar-refractivity contribution in [2.75, 3.05) is 12.4 Å². The van der Waals surface area contributed by atoms with Gasteiger partial charge in [-0.2, -0.15) is 5.10 Å². The lowest BCUT2D eigenvalue weighted by Gasteiger charge is -2.11. The topological polar surface area (TPSA) is 115 Å². The van der Waals surface area contributed by atoms with Crippen LogP contribution in [0, 0.1) is 20.8 Å². The number of carbonyl (C=O) groups excluding carboxylic acids is 1. The van der Waals surface area contributed by atoms with Crippen LogP contribution < -0.4 is 14.8 Å². The second kappa shape index (κ2) is 10.0. The Bertz CT molecular complexity index is 1300. The van der Waals surface area contributed by atoms with Crippen LogP contribution in [-0.4, -0.2) is 33.4 Å². The van der Waals surface area contributed by atoms with E-state index in [4.69, 9.17) is 14.0 Å². The fourth-order valence-corrected chi connectivity index (χ4v) is 3.30. The molecule has 4 rings (SSSR count). The largest absolute Gasteiger partial charge is 0.493 e. The van der Waals surface area contributed by atoms with E-state index >= 15 is 0 Å². The lowest BCUT2D eigenvalue weighted by Crippen LogP contribution is -2.07. The molecule has 174 valence electrons. The first-order valence-electron chi connectivity index (χ1n) is 10.6. The molecule has 0 radical (unpaired) electrons. The van der Waals surface area contributed by atoms with Gasteiger partial charge < -0.3 is 19.3 Å². The van der Waals surface area contributed by atoms with Gasteiger partial charge in [0.15, 0.2) is 17.3 Å². The molecule has 2 N–H and O–H groups in total. The number of aromatic nitrogens is 4. The molecule has 2 aromatic carbocycles. The maximum Gasteiger partial charge on any atom is 0.248 e. The number of benzene rings is 2. The van der Waals surface area contributed by atoms with Crippen LogP contribution in [0.1, 0.15) is 28.4 Å². The van der Waals surface area contributed by atoms with Gasteiger partial charge in [0.25, 0.3) is 0 Å². The van der Waals surface area contributed by atoms with Gasteiger partial charge in [-0.25, -0.2) is 4.98 Å². The van der Waals surface area contributed by atoms with E-state index in [1.807, 2.05) is 39.0 Å². The molecular formula is C25H25N5O4. The molecule has 2 heterocycles. The van der Waals surface area contributed by atoms with E-state index in [1.54, 1.807) is 37.5 Å². The summed E-state index contributed by atoms with van der Waals surface area (Å²) in [5, 5.41) is 13.7. The Morgan fingerprint density at radius 1 is 1.12 bits per heavy atom. The quantitative estimate of drug-likeness (QED) is 0.369. The third-order valence-corrected chi connectivity index (χ3v) is 5.18. The molecule has 0 bridgehead atoms. The summed E-state index contributed by atoms with van der Waals surface area (Å²) in [5.74, 6) is 2.99. The number of methoxy groups -OCH3 is 1. The smallest absolute Gasteiger partial charge is 0.248 e. The fraction of sp³-hybridized carbons (Fsp3) is 0.200. The molecule has 0 aliphatic rings. The molecule has 34 heavy (non-hydrogen) atoms. The van der Waals surface area contributed by atoms with Crippen molar-refractivity contribution in [2.45, 2.75) is 27.4 Å². The van der Waals surface area contributed by atoms with Gasteiger partial charge in [0, 0.05) is 17.3 Å². The molecule has 0 saturated heterocycles. The summed E-state index contributed by atoms with van der Waals surface area (Å²) in [6.45, 7) is 5.88. The standard InChI is InChI=1S/C25H25N5O4/c1-15-21(16(2)34-30-15)14-33-22-11-5-18(13-23(22)32-4)6-12-24(31)27-20-9-7-19(8-10-20)25-26-17(3)28-29-25/h5-13H,14H2,1-4H3,(H,27,31)(H,26,28,29)/b12-6+. The predicted molar refractivity (Wildman–Crippen MR) is 128 cm³/mol. The average Bonchev–Trinajstić information content (AvgIpc) is 3.41. The Labute approximate surface area is 196 Å². The second-order valence-electron chi connectivity index (χ2n) is 7.65. The number of rotatable bonds is 8. The van der Waals surface area contributed by atoms with Crippen molar-refractivity contribution in [3.05, 3.63) is 76.9 Å². The van der Waals surface area contributed by atoms with Crippen molar-refractivity contribution in [1.82, 2.24) is 20.3 Å². The Morgan fingerprint density at radius 2 is 1.91 bits per heavy atom. The van der Waals surface area contributed by atoms with Crippen molar-refractivity contribution in [2.24, 2.45) is 0 Å². The molecule has 0 saturated carbocycles. The summed E-state index contributed by atoms with van der Waals surface area (Å²) in [6.07, 6.45) is 3.17. The maximum atomic E-state index is 12.4. The number of hydrogen-bond donors (Lipinski definition) is 2. The minimum atomic E-state index is -0.251. The molecule has 1 amide bonds. The van der Waals surface area contributed by atoms with Crippen LogP contribution in [0.3, 0.4) is 0 Å². The second-order valence-corrected chi connectivity index (χ2v) is 7.65. The first-order chi connectivity index (χ1) is 16.4. The number of nitrogens with one attached hydrogen (secondary N) is 2. The molecule has 0 aliphatic carbocycles. The van der Waals surface area contributed by atoms with Crippen LogP contribution >= 0.6 is 0 Å². The molecule has 0 unspecified atom stereocenters. The normalized spacial score (nSPS) is 11.1. The van der Waals surface area contributed by atoms with Crippen LogP contribution in [0.5, 0.6) is 11.5 Å². The van der Waals surface area contributed by atoms with Crippen LogP contribution in [0.25, 0.3) is 17.5 Å². The van der Waals surface area contributed by atoms with Gasteiger partial charge in [-0.3, -0.25) is 9.89 Å². The van der Waals surface area contributed by atoms with Crippen LogP contribution in [0.2, 0.25) is 0 Å². The van der Waals surface area contributed by atoms with Crippen LogP contribution in [0.15, 0.2) is 53.1 Å². The Morgan fingerprint density at radius 3 is 2.56 bits per heavy atom. The Hall–Kier alpha value is -4.40. The lowest BCUT2D eigenvalue weighted by atomic mass is 10.1. The van der Waals surface area contributed by atoms with Gasteiger partial charge in [-0.15, -0.1) is 0 Å². The van der Waals surface area contributed by atoms with Crippen molar-refractivity contribution < 1.29 is 18.8 Å². The minimum Gasteiger partial charge on any atom is -0.493 e. The van der Waals surface area contributed by atoms with E-state index in [0.717, 1.165) is 34.0 Å². The van der Waals surface area contributed by atoms with Gasteiger partial charge >= 0.3 is 0 Å². The Kier molecular flexibility index (Phi) is 6.72. The molecule has 9 nitrogen and oxygen atoms in total. The maximum absolute atomic E-state index is 12.4. The molecule has 0 aliphatic heterocycles. The summed E-state index contributed by atoms with van der Waals surface area (Å²) in [5.41, 5.74) is 4.04. The number of ether oxygens (including phenoxy) is 2. The summed E-state index contributed by atoms with van der Waals surface area (Å²) < 4.78 is 16.5. The van der Waals surface area contributed by atoms with E-state index in [1.165, 1.54) is 6.08 Å². The van der Waals surface area contributed by atoms with E-state index in [9.17, 15) is 4.79 Å². The number of H-pyrrole nitrogens is 1. The van der Waals surface area contributed by atoms with Crippen molar-refractivity contribution in [3.8, 4) is 22.9 Å². The monoisotopic (exact) mass is 459 g/mol. The highest BCUT2D eigenvalue weighted by Crippen LogP contribution is 2.30. The van der Waals surface area contributed by atoms with Crippen LogP contribution in [-0.2, 0) is 11.4 Å². The molecule has 9 heteroatoms. The van der Waals surface area contributed by atoms with Crippen LogP contribution in [0.4, 0.5) is 5.69 Å². The highest BCUT2D eigenvalue weighted by Gasteiger charge is 2.12. The average molecular weight is 460 g/mol. The van der Waals surface area contributed by atoms with E-state index in [-0.39, 0.29) is 5.91 Å². The molecule has 0 atom stereocenters. The highest BCUT2D eigenvalue weighted by atomic mass is 16.5. The molecule has 2 aromatic heterocycles. The number of aromatic amines is 1. The minimum absolute atomic E-state index is 0.251. The lowest BCUT2D eigenvalue weighted by molar-refractivity contribution is -0.111. The zero-order valence-electron chi connectivity index (χ0n) is 19.4. The number of aryl methyl sites for hydroxylation is 3. The third-order valence-electron chi connectivity index (χ3n) is 5.18. The number of carbonyl (C=O) groups is 1. The number of hydrogen-bond acceptors (Lipinski definition) is 7. The number of anilines is 1. The highest BCUT2D eigenvalue weighted by molar-refractivity contribution is 6.02. The van der Waals surface area contributed by atoms with Gasteiger partial charge in [0.2, 0.25) is 5.91 Å². The van der Waals surface area contributed by atoms with E-state index < -0.39 is 0 Å². The first kappa shape index (κ1) is 22.8. The predicted octanol–water partition coefficient (Wildman–Crippen LogP) is 4.62. The van der Waals surface area contributed by atoms with E-state index in [2.05, 4.69) is 25.7 Å². The summed E-state index contributed by atoms with van der Waals surface area (Å²) in [6, 6.07) is 12.8. The van der Waals surface area contributed by atoms with Crippen molar-refractivity contribution in [3.63, 3.8) is 0 Å². The van der Waals surface area contributed by atoms with Crippen molar-refractivity contribution >= 4 is 17.7 Å². The summed E-state index contributed by atoms with van der Waals surface area (Å²) in [4.78, 5) is 16.7. The summed E-state index contributed by atoms with van der Waals surface area (Å²) >= 11 is 0. The zero-order valence-corrected chi connectivity index (χ0v) is 19.4. The SMILES string of the molecule is COc1cc(/C=C/C(=O)Nc2ccc(-c3n[nH]c(C)n3)cc2)ccc1OCc1c(C)noc1C. The summed E-state index contributed by atoms with van der Waals surface area (Å²) in [7, 11) is 1.57. The molecule has 0 spiro atoms. The van der Waals surface area contributed by atoms with Gasteiger partial charge in [0.1, 0.15) is 18.2 Å². The zero-order chi connectivity index (χ0) is 24.1. The molecular weight excluding hydrogens is 434 g/mol. The fourth-order valence-electron chi connectivity index (χ4n) is 3.30. The van der Waals surface area contributed by atoms with Gasteiger partial charge in [0.05, 0.1) is 18.4 Å². The number of amides is 1. The van der Waals surface area contributed by atoms with Gasteiger partial charge in [-0.05, 0) is 68.8 Å². The Balaban J connectivity index is 1.37. The molecule has 4 aromatic rings. The first-order valence-corrected chi connectivity index (χ1v) is 10.6. The van der Waals surface area contributed by atoms with E-state index in [0.29, 0.717) is 29.6 Å². The van der Waals surface area contributed by atoms with Crippen molar-refractivity contribution in [1.29, 1.82) is 0 Å². The number of nitrogens with zero attached hydrogens (tertiary/aromatic N) is 3. The van der Waals surface area contributed by atoms with Gasteiger partial charge in [-0.1, -0.05) is 11.2 Å². The third kappa shape index (κ3) is 5.32. The molecule has 0 fully saturated rings.